The number of aryl methyl sites for hydroxylation is 1. The van der Waals surface area contributed by atoms with Crippen LogP contribution in [0.3, 0.4) is 0 Å². The van der Waals surface area contributed by atoms with Crippen LogP contribution in [0.2, 0.25) is 0 Å². The SMILES string of the molecule is CN(C)CC1CCc2cc(NC(=O)Nc3ccc(Oc4ccccc4)cc3)cc(N(C)C)c2C1. The van der Waals surface area contributed by atoms with Gasteiger partial charge in [0, 0.05) is 37.7 Å². The van der Waals surface area contributed by atoms with Crippen LogP contribution in [0.4, 0.5) is 21.9 Å². The molecule has 0 aromatic heterocycles. The highest BCUT2D eigenvalue weighted by atomic mass is 16.5. The van der Waals surface area contributed by atoms with Gasteiger partial charge in [-0.15, -0.1) is 0 Å². The van der Waals surface area contributed by atoms with Crippen LogP contribution in [-0.4, -0.2) is 45.7 Å². The smallest absolute Gasteiger partial charge is 0.323 e. The third kappa shape index (κ3) is 6.08. The minimum atomic E-state index is -0.261. The van der Waals surface area contributed by atoms with E-state index in [1.54, 1.807) is 0 Å². The number of anilines is 3. The molecule has 2 amide bonds. The molecule has 0 aliphatic heterocycles. The molecular formula is C28H34N4O2. The number of carbonyl (C=O) groups excluding carboxylic acids is 1. The van der Waals surface area contributed by atoms with Crippen molar-refractivity contribution in [2.45, 2.75) is 19.3 Å². The maximum atomic E-state index is 12.7. The molecule has 0 saturated carbocycles. The summed E-state index contributed by atoms with van der Waals surface area (Å²) in [5.41, 5.74) is 5.44. The predicted molar refractivity (Wildman–Crippen MR) is 140 cm³/mol. The Balaban J connectivity index is 1.41. The lowest BCUT2D eigenvalue weighted by molar-refractivity contribution is 0.262. The van der Waals surface area contributed by atoms with Crippen LogP contribution in [0.5, 0.6) is 11.5 Å². The number of amides is 2. The fraction of sp³-hybridized carbons (Fsp3) is 0.321. The first-order valence-corrected chi connectivity index (χ1v) is 11.8. The van der Waals surface area contributed by atoms with Crippen LogP contribution in [-0.2, 0) is 12.8 Å². The quantitative estimate of drug-likeness (QED) is 0.466. The van der Waals surface area contributed by atoms with Crippen LogP contribution in [0.25, 0.3) is 0 Å². The standard InChI is InChI=1S/C28H34N4O2/c1-31(2)19-20-10-11-21-17-23(18-27(32(3)4)26(21)16-20)30-28(33)29-22-12-14-25(15-13-22)34-24-8-6-5-7-9-24/h5-9,12-15,17-18,20H,10-11,16,19H2,1-4H3,(H2,29,30,33). The molecule has 0 fully saturated rings. The van der Waals surface area contributed by atoms with Crippen LogP contribution < -0.4 is 20.3 Å². The number of fused-ring (bicyclic) bond motifs is 1. The summed E-state index contributed by atoms with van der Waals surface area (Å²) in [5, 5.41) is 5.93. The Bertz CT molecular complexity index is 1110. The average molecular weight is 459 g/mol. The first kappa shape index (κ1) is 23.6. The first-order chi connectivity index (χ1) is 16.4. The Kier molecular flexibility index (Phi) is 7.38. The van der Waals surface area contributed by atoms with Crippen molar-refractivity contribution < 1.29 is 9.53 Å². The van der Waals surface area contributed by atoms with Gasteiger partial charge in [-0.3, -0.25) is 0 Å². The van der Waals surface area contributed by atoms with Crippen LogP contribution >= 0.6 is 0 Å². The summed E-state index contributed by atoms with van der Waals surface area (Å²) in [4.78, 5) is 17.1. The minimum Gasteiger partial charge on any atom is -0.457 e. The van der Waals surface area contributed by atoms with Gasteiger partial charge in [0.1, 0.15) is 11.5 Å². The second-order valence-corrected chi connectivity index (χ2v) is 9.42. The summed E-state index contributed by atoms with van der Waals surface area (Å²) in [7, 11) is 8.40. The van der Waals surface area contributed by atoms with Crippen molar-refractivity contribution in [2.75, 3.05) is 50.3 Å². The average Bonchev–Trinajstić information content (AvgIpc) is 2.80. The molecule has 4 rings (SSSR count). The van der Waals surface area contributed by atoms with E-state index in [4.69, 9.17) is 4.74 Å². The molecule has 34 heavy (non-hydrogen) atoms. The van der Waals surface area contributed by atoms with E-state index < -0.39 is 0 Å². The largest absolute Gasteiger partial charge is 0.457 e. The molecule has 1 unspecified atom stereocenters. The van der Waals surface area contributed by atoms with Crippen molar-refractivity contribution in [2.24, 2.45) is 5.92 Å². The lowest BCUT2D eigenvalue weighted by Gasteiger charge is -2.31. The predicted octanol–water partition coefficient (Wildman–Crippen LogP) is 5.86. The topological polar surface area (TPSA) is 56.8 Å². The van der Waals surface area contributed by atoms with Gasteiger partial charge in [0.2, 0.25) is 0 Å². The number of urea groups is 1. The van der Waals surface area contributed by atoms with Gasteiger partial charge in [-0.25, -0.2) is 4.79 Å². The van der Waals surface area contributed by atoms with Crippen molar-refractivity contribution in [3.63, 3.8) is 0 Å². The van der Waals surface area contributed by atoms with Crippen molar-refractivity contribution in [3.05, 3.63) is 77.9 Å². The Labute approximate surface area is 202 Å². The molecule has 0 radical (unpaired) electrons. The third-order valence-electron chi connectivity index (χ3n) is 6.09. The summed E-state index contributed by atoms with van der Waals surface area (Å²) in [6.07, 6.45) is 3.28. The molecule has 6 nitrogen and oxygen atoms in total. The van der Waals surface area contributed by atoms with E-state index in [0.717, 1.165) is 36.6 Å². The lowest BCUT2D eigenvalue weighted by Crippen LogP contribution is -2.28. The summed E-state index contributed by atoms with van der Waals surface area (Å²) in [6, 6.07) is 20.9. The Hall–Kier alpha value is -3.51. The third-order valence-corrected chi connectivity index (χ3v) is 6.09. The number of nitrogens with one attached hydrogen (secondary N) is 2. The maximum absolute atomic E-state index is 12.7. The highest BCUT2D eigenvalue weighted by molar-refractivity contribution is 6.00. The van der Waals surface area contributed by atoms with Gasteiger partial charge in [0.25, 0.3) is 0 Å². The Morgan fingerprint density at radius 3 is 2.26 bits per heavy atom. The van der Waals surface area contributed by atoms with Gasteiger partial charge in [0.05, 0.1) is 0 Å². The van der Waals surface area contributed by atoms with Gasteiger partial charge in [0.15, 0.2) is 0 Å². The second-order valence-electron chi connectivity index (χ2n) is 9.42. The van der Waals surface area contributed by atoms with E-state index in [1.165, 1.54) is 23.2 Å². The maximum Gasteiger partial charge on any atom is 0.323 e. The van der Waals surface area contributed by atoms with Crippen molar-refractivity contribution >= 4 is 23.1 Å². The summed E-state index contributed by atoms with van der Waals surface area (Å²) >= 11 is 0. The lowest BCUT2D eigenvalue weighted by atomic mass is 9.82. The molecule has 3 aromatic carbocycles. The molecule has 3 aromatic rings. The van der Waals surface area contributed by atoms with Gasteiger partial charge in [-0.1, -0.05) is 18.2 Å². The zero-order valence-electron chi connectivity index (χ0n) is 20.5. The summed E-state index contributed by atoms with van der Waals surface area (Å²) in [5.74, 6) is 2.16. The molecule has 1 aliphatic carbocycles. The zero-order valence-corrected chi connectivity index (χ0v) is 20.5. The van der Waals surface area contributed by atoms with Gasteiger partial charge in [-0.05, 0) is 98.9 Å². The summed E-state index contributed by atoms with van der Waals surface area (Å²) in [6.45, 7) is 1.10. The van der Waals surface area contributed by atoms with E-state index in [1.807, 2.05) is 54.6 Å². The number of rotatable bonds is 7. The monoisotopic (exact) mass is 458 g/mol. The molecule has 2 N–H and O–H groups in total. The number of para-hydroxylation sites is 1. The van der Waals surface area contributed by atoms with Gasteiger partial charge in [-0.2, -0.15) is 0 Å². The zero-order chi connectivity index (χ0) is 24.1. The molecule has 0 bridgehead atoms. The van der Waals surface area contributed by atoms with E-state index in [2.05, 4.69) is 60.8 Å². The molecule has 6 heteroatoms. The number of ether oxygens (including phenoxy) is 1. The molecule has 1 aliphatic rings. The van der Waals surface area contributed by atoms with Gasteiger partial charge >= 0.3 is 6.03 Å². The summed E-state index contributed by atoms with van der Waals surface area (Å²) < 4.78 is 5.82. The number of hydrogen-bond acceptors (Lipinski definition) is 4. The number of nitrogens with zero attached hydrogens (tertiary/aromatic N) is 2. The van der Waals surface area contributed by atoms with E-state index in [-0.39, 0.29) is 6.03 Å². The number of benzene rings is 3. The number of hydrogen-bond donors (Lipinski definition) is 2. The van der Waals surface area contributed by atoms with E-state index in [9.17, 15) is 4.79 Å². The first-order valence-electron chi connectivity index (χ1n) is 11.8. The highest BCUT2D eigenvalue weighted by Crippen LogP contribution is 2.35. The van der Waals surface area contributed by atoms with Crippen LogP contribution in [0, 0.1) is 5.92 Å². The van der Waals surface area contributed by atoms with E-state index in [0.29, 0.717) is 11.6 Å². The van der Waals surface area contributed by atoms with E-state index >= 15 is 0 Å². The second kappa shape index (κ2) is 10.6. The van der Waals surface area contributed by atoms with Crippen molar-refractivity contribution in [1.82, 2.24) is 4.90 Å². The molecule has 1 atom stereocenters. The Morgan fingerprint density at radius 2 is 1.59 bits per heavy atom. The van der Waals surface area contributed by atoms with Crippen LogP contribution in [0.15, 0.2) is 66.7 Å². The molecular weight excluding hydrogens is 424 g/mol. The van der Waals surface area contributed by atoms with Crippen molar-refractivity contribution in [3.8, 4) is 11.5 Å². The minimum absolute atomic E-state index is 0.261. The highest BCUT2D eigenvalue weighted by Gasteiger charge is 2.23. The Morgan fingerprint density at radius 1 is 0.912 bits per heavy atom. The molecule has 0 spiro atoms. The number of carbonyl (C=O) groups is 1. The molecule has 0 heterocycles. The van der Waals surface area contributed by atoms with Crippen molar-refractivity contribution in [1.29, 1.82) is 0 Å². The van der Waals surface area contributed by atoms with Gasteiger partial charge < -0.3 is 25.2 Å². The molecule has 178 valence electrons. The normalized spacial score (nSPS) is 14.9. The fourth-order valence-electron chi connectivity index (χ4n) is 4.59. The molecule has 0 saturated heterocycles. The fourth-order valence-corrected chi connectivity index (χ4v) is 4.59. The van der Waals surface area contributed by atoms with Crippen LogP contribution in [0.1, 0.15) is 17.5 Å².